The van der Waals surface area contributed by atoms with Gasteiger partial charge < -0.3 is 5.11 Å². The van der Waals surface area contributed by atoms with Crippen molar-refractivity contribution in [3.8, 4) is 0 Å². The predicted octanol–water partition coefficient (Wildman–Crippen LogP) is 2.05. The van der Waals surface area contributed by atoms with E-state index in [2.05, 4.69) is 19.2 Å². The van der Waals surface area contributed by atoms with Crippen LogP contribution in [-0.4, -0.2) is 22.7 Å². The molecule has 0 unspecified atom stereocenters. The van der Waals surface area contributed by atoms with E-state index in [4.69, 9.17) is 5.11 Å². The Kier molecular flexibility index (Phi) is 3.67. The average molecular weight is 234 g/mol. The number of halogens is 1. The van der Waals surface area contributed by atoms with E-state index >= 15 is 0 Å². The Bertz CT molecular complexity index is 255. The summed E-state index contributed by atoms with van der Waals surface area (Å²) in [7, 11) is 0. The number of carboxylic acids is 1. The molecule has 0 bridgehead atoms. The second-order valence-electron chi connectivity index (χ2n) is 5.24. The Hall–Kier alpha value is -0.280. The van der Waals surface area contributed by atoms with Crippen molar-refractivity contribution in [2.24, 2.45) is 11.8 Å². The van der Waals surface area contributed by atoms with Gasteiger partial charge in [0.25, 0.3) is 0 Å². The highest BCUT2D eigenvalue weighted by Gasteiger charge is 2.50. The summed E-state index contributed by atoms with van der Waals surface area (Å²) in [5, 5.41) is 12.4. The van der Waals surface area contributed by atoms with Crippen molar-refractivity contribution in [1.82, 2.24) is 5.32 Å². The summed E-state index contributed by atoms with van der Waals surface area (Å²) in [6, 6.07) is -0.310. The summed E-state index contributed by atoms with van der Waals surface area (Å²) in [4.78, 5) is 11.1. The molecule has 0 amide bonds. The molecule has 0 aromatic rings. The van der Waals surface area contributed by atoms with Crippen LogP contribution in [0.2, 0.25) is 0 Å². The minimum absolute atomic E-state index is 0. The molecule has 1 saturated heterocycles. The van der Waals surface area contributed by atoms with Gasteiger partial charge in [-0.2, -0.15) is 0 Å². The van der Waals surface area contributed by atoms with Crippen LogP contribution in [0.4, 0.5) is 0 Å². The Balaban J connectivity index is 0.00000112. The van der Waals surface area contributed by atoms with Crippen LogP contribution in [0.3, 0.4) is 0 Å². The van der Waals surface area contributed by atoms with Crippen LogP contribution < -0.4 is 5.32 Å². The lowest BCUT2D eigenvalue weighted by Crippen LogP contribution is -2.43. The highest BCUT2D eigenvalue weighted by molar-refractivity contribution is 5.85. The minimum Gasteiger partial charge on any atom is -0.480 e. The number of aliphatic carboxylic acids is 1. The lowest BCUT2D eigenvalue weighted by atomic mass is 9.72. The smallest absolute Gasteiger partial charge is 0.321 e. The molecule has 2 N–H and O–H groups in total. The van der Waals surface area contributed by atoms with E-state index in [1.807, 2.05) is 0 Å². The van der Waals surface area contributed by atoms with Crippen LogP contribution in [0.5, 0.6) is 0 Å². The van der Waals surface area contributed by atoms with Gasteiger partial charge in [-0.25, -0.2) is 0 Å². The molecule has 2 rings (SSSR count). The van der Waals surface area contributed by atoms with Gasteiger partial charge in [0, 0.05) is 5.54 Å². The zero-order chi connectivity index (χ0) is 10.3. The molecule has 88 valence electrons. The summed E-state index contributed by atoms with van der Waals surface area (Å²) in [6.07, 6.45) is 4.73. The van der Waals surface area contributed by atoms with Crippen molar-refractivity contribution in [2.45, 2.75) is 51.1 Å². The van der Waals surface area contributed by atoms with Gasteiger partial charge in [-0.05, 0) is 38.5 Å². The molecule has 0 spiro atoms. The van der Waals surface area contributed by atoms with Crippen molar-refractivity contribution in [1.29, 1.82) is 0 Å². The van der Waals surface area contributed by atoms with Crippen LogP contribution in [0.15, 0.2) is 0 Å². The van der Waals surface area contributed by atoms with Gasteiger partial charge >= 0.3 is 5.97 Å². The molecule has 1 saturated carbocycles. The molecule has 3 nitrogen and oxygen atoms in total. The fraction of sp³-hybridized carbons (Fsp3) is 0.909. The topological polar surface area (TPSA) is 49.3 Å². The number of rotatable bonds is 1. The fourth-order valence-corrected chi connectivity index (χ4v) is 3.31. The summed E-state index contributed by atoms with van der Waals surface area (Å²) in [5.41, 5.74) is 0.00808. The molecule has 3 atom stereocenters. The molecule has 2 aliphatic rings. The van der Waals surface area contributed by atoms with Gasteiger partial charge in [0.15, 0.2) is 0 Å². The first-order chi connectivity index (χ1) is 6.52. The third-order valence-electron chi connectivity index (χ3n) is 3.97. The molecule has 4 heteroatoms. The monoisotopic (exact) mass is 233 g/mol. The average Bonchev–Trinajstić information content (AvgIpc) is 2.40. The first-order valence-corrected chi connectivity index (χ1v) is 5.53. The second-order valence-corrected chi connectivity index (χ2v) is 5.24. The molecular weight excluding hydrogens is 214 g/mol. The SMILES string of the molecule is CC1(C)N[C@H](C(=O)O)[C@@H]2CCCC[C@H]21.Cl. The summed E-state index contributed by atoms with van der Waals surface area (Å²) < 4.78 is 0. The van der Waals surface area contributed by atoms with Gasteiger partial charge in [0.2, 0.25) is 0 Å². The van der Waals surface area contributed by atoms with E-state index in [0.29, 0.717) is 11.8 Å². The van der Waals surface area contributed by atoms with E-state index in [1.54, 1.807) is 0 Å². The Labute approximate surface area is 97.0 Å². The van der Waals surface area contributed by atoms with E-state index in [1.165, 1.54) is 19.3 Å². The first kappa shape index (κ1) is 12.8. The highest BCUT2D eigenvalue weighted by Crippen LogP contribution is 2.44. The normalized spacial score (nSPS) is 37.9. The van der Waals surface area contributed by atoms with Gasteiger partial charge in [0.1, 0.15) is 6.04 Å². The quantitative estimate of drug-likeness (QED) is 0.729. The Morgan fingerprint density at radius 3 is 2.53 bits per heavy atom. The molecule has 1 aliphatic heterocycles. The maximum Gasteiger partial charge on any atom is 0.321 e. The first-order valence-electron chi connectivity index (χ1n) is 5.53. The third kappa shape index (κ3) is 2.13. The second kappa shape index (κ2) is 4.30. The summed E-state index contributed by atoms with van der Waals surface area (Å²) in [5.74, 6) is 0.237. The van der Waals surface area contributed by atoms with Crippen LogP contribution in [0.25, 0.3) is 0 Å². The largest absolute Gasteiger partial charge is 0.480 e. The lowest BCUT2D eigenvalue weighted by molar-refractivity contribution is -0.140. The van der Waals surface area contributed by atoms with Gasteiger partial charge in [0.05, 0.1) is 0 Å². The van der Waals surface area contributed by atoms with Gasteiger partial charge in [-0.3, -0.25) is 10.1 Å². The number of hydrogen-bond acceptors (Lipinski definition) is 2. The van der Waals surface area contributed by atoms with Crippen molar-refractivity contribution in [3.63, 3.8) is 0 Å². The van der Waals surface area contributed by atoms with Crippen LogP contribution in [0, 0.1) is 11.8 Å². The van der Waals surface area contributed by atoms with Crippen molar-refractivity contribution < 1.29 is 9.90 Å². The molecule has 0 radical (unpaired) electrons. The molecule has 1 aliphatic carbocycles. The molecule has 0 aromatic heterocycles. The van der Waals surface area contributed by atoms with Crippen LogP contribution >= 0.6 is 12.4 Å². The zero-order valence-corrected chi connectivity index (χ0v) is 10.1. The number of nitrogens with one attached hydrogen (secondary N) is 1. The van der Waals surface area contributed by atoms with E-state index in [9.17, 15) is 4.79 Å². The van der Waals surface area contributed by atoms with Gasteiger partial charge in [-0.1, -0.05) is 12.8 Å². The van der Waals surface area contributed by atoms with Crippen molar-refractivity contribution >= 4 is 18.4 Å². The van der Waals surface area contributed by atoms with Gasteiger partial charge in [-0.15, -0.1) is 12.4 Å². The fourth-order valence-electron chi connectivity index (χ4n) is 3.31. The standard InChI is InChI=1S/C11H19NO2.ClH/c1-11(2)8-6-4-3-5-7(8)9(12-11)10(13)14;/h7-9,12H,3-6H2,1-2H3,(H,13,14);1H/t7-,8-,9+;/m1./s1. The van der Waals surface area contributed by atoms with Crippen LogP contribution in [0.1, 0.15) is 39.5 Å². The number of carbonyl (C=O) groups is 1. The Morgan fingerprint density at radius 2 is 1.93 bits per heavy atom. The van der Waals surface area contributed by atoms with E-state index < -0.39 is 5.97 Å². The van der Waals surface area contributed by atoms with Crippen molar-refractivity contribution in [3.05, 3.63) is 0 Å². The maximum atomic E-state index is 11.1. The summed E-state index contributed by atoms with van der Waals surface area (Å²) >= 11 is 0. The minimum atomic E-state index is -0.674. The number of hydrogen-bond donors (Lipinski definition) is 2. The lowest BCUT2D eigenvalue weighted by Gasteiger charge is -2.33. The highest BCUT2D eigenvalue weighted by atomic mass is 35.5. The van der Waals surface area contributed by atoms with E-state index in [0.717, 1.165) is 6.42 Å². The van der Waals surface area contributed by atoms with Crippen LogP contribution in [-0.2, 0) is 4.79 Å². The van der Waals surface area contributed by atoms with E-state index in [-0.39, 0.29) is 24.0 Å². The number of fused-ring (bicyclic) bond motifs is 1. The Morgan fingerprint density at radius 1 is 1.33 bits per heavy atom. The molecule has 15 heavy (non-hydrogen) atoms. The maximum absolute atomic E-state index is 11.1. The predicted molar refractivity (Wildman–Crippen MR) is 61.3 cm³/mol. The molecule has 1 heterocycles. The van der Waals surface area contributed by atoms with Crippen molar-refractivity contribution in [2.75, 3.05) is 0 Å². The third-order valence-corrected chi connectivity index (χ3v) is 3.97. The zero-order valence-electron chi connectivity index (χ0n) is 9.32. The summed E-state index contributed by atoms with van der Waals surface area (Å²) in [6.45, 7) is 4.28. The number of carboxylic acid groups (broad SMARTS) is 1. The molecule has 2 fully saturated rings. The molecule has 0 aromatic carbocycles. The molecular formula is C11H20ClNO2.